The molecule has 1 aliphatic heterocycles. The number of ether oxygens (including phenoxy) is 1. The molecule has 1 fully saturated rings. The highest BCUT2D eigenvalue weighted by molar-refractivity contribution is 6.17. The largest absolute Gasteiger partial charge is 0.402 e. The van der Waals surface area contributed by atoms with E-state index in [2.05, 4.69) is 0 Å². The van der Waals surface area contributed by atoms with Crippen LogP contribution < -0.4 is 0 Å². The van der Waals surface area contributed by atoms with Gasteiger partial charge >= 0.3 is 10.0 Å². The summed E-state index contributed by atoms with van der Waals surface area (Å²) in [6.45, 7) is 1.61. The molecule has 0 aromatic carbocycles. The molecule has 0 saturated carbocycles. The maximum Gasteiger partial charge on any atom is 0.304 e. The maximum absolute atomic E-state index is 5.10. The summed E-state index contributed by atoms with van der Waals surface area (Å²) in [6.07, 6.45) is 0.387. The molecule has 1 aliphatic rings. The first-order valence-corrected chi connectivity index (χ1v) is 3.77. The van der Waals surface area contributed by atoms with Crippen molar-refractivity contribution in [3.63, 3.8) is 0 Å². The second kappa shape index (κ2) is 3.19. The van der Waals surface area contributed by atoms with Gasteiger partial charge in [-0.05, 0) is 0 Å². The second-order valence-corrected chi connectivity index (χ2v) is 2.95. The normalized spacial score (nSPS) is 27.4. The van der Waals surface area contributed by atoms with Gasteiger partial charge in [0.15, 0.2) is 0 Å². The van der Waals surface area contributed by atoms with Crippen molar-refractivity contribution in [3.05, 3.63) is 0 Å². The van der Waals surface area contributed by atoms with Gasteiger partial charge in [0.1, 0.15) is 6.10 Å². The van der Waals surface area contributed by atoms with E-state index < -0.39 is 10.0 Å². The van der Waals surface area contributed by atoms with Crippen LogP contribution in [0.15, 0.2) is 0 Å². The highest BCUT2D eigenvalue weighted by Crippen LogP contribution is 2.07. The van der Waals surface area contributed by atoms with Crippen LogP contribution in [0.25, 0.3) is 0 Å². The van der Waals surface area contributed by atoms with Crippen molar-refractivity contribution in [3.8, 4) is 0 Å². The summed E-state index contributed by atoms with van der Waals surface area (Å²) in [7, 11) is 1.01. The molecule has 1 heterocycles. The lowest BCUT2D eigenvalue weighted by atomic mass is 10.5. The van der Waals surface area contributed by atoms with E-state index in [0.717, 1.165) is 13.2 Å². The predicted octanol–water partition coefficient (Wildman–Crippen LogP) is -0.953. The molecule has 0 amide bonds. The monoisotopic (exact) mass is 134 g/mol. The number of hydrogen-bond acceptors (Lipinski definition) is 3. The highest BCUT2D eigenvalue weighted by Gasteiger charge is 2.21. The molecule has 8 heavy (non-hydrogen) atoms. The Morgan fingerprint density at radius 2 is 2.62 bits per heavy atom. The quantitative estimate of drug-likeness (QED) is 0.282. The molecule has 1 atom stereocenters. The zero-order valence-corrected chi connectivity index (χ0v) is 6.34. The summed E-state index contributed by atoms with van der Waals surface area (Å²) in [4.78, 5) is 0. The molecular weight excluding hydrogens is 124 g/mol. The molecule has 1 unspecified atom stereocenters. The minimum atomic E-state index is -0.661. The van der Waals surface area contributed by atoms with Gasteiger partial charge in [0.2, 0.25) is 0 Å². The van der Waals surface area contributed by atoms with E-state index in [1.807, 2.05) is 0 Å². The van der Waals surface area contributed by atoms with E-state index in [1.165, 1.54) is 0 Å². The fraction of sp³-hybridized carbons (Fsp3) is 1.00. The lowest BCUT2D eigenvalue weighted by Gasteiger charge is -1.95. The summed E-state index contributed by atoms with van der Waals surface area (Å²) in [5.74, 6) is 0. The highest BCUT2D eigenvalue weighted by atomic mass is 28.3. The molecule has 0 aliphatic carbocycles. The van der Waals surface area contributed by atoms with Crippen LogP contribution in [0.1, 0.15) is 0 Å². The Bertz CT molecular complexity index is 64.3. The Morgan fingerprint density at radius 3 is 3.12 bits per heavy atom. The van der Waals surface area contributed by atoms with Crippen LogP contribution in [0.4, 0.5) is 0 Å². The van der Waals surface area contributed by atoms with E-state index >= 15 is 0 Å². The molecule has 3 nitrogen and oxygen atoms in total. The fourth-order valence-electron chi connectivity index (χ4n) is 0.427. The van der Waals surface area contributed by atoms with Gasteiger partial charge in [-0.15, -0.1) is 0 Å². The third-order valence-corrected chi connectivity index (χ3v) is 1.55. The van der Waals surface area contributed by atoms with E-state index in [9.17, 15) is 0 Å². The molecule has 0 aromatic heterocycles. The van der Waals surface area contributed by atoms with Crippen LogP contribution in [-0.4, -0.2) is 36.4 Å². The van der Waals surface area contributed by atoms with Gasteiger partial charge in [0.05, 0.1) is 13.2 Å². The van der Waals surface area contributed by atoms with Crippen LogP contribution in [0.2, 0.25) is 0 Å². The average molecular weight is 134 g/mol. The van der Waals surface area contributed by atoms with Gasteiger partial charge in [0.25, 0.3) is 0 Å². The molecule has 0 N–H and O–H groups in total. The van der Waals surface area contributed by atoms with Crippen LogP contribution in [0.5, 0.6) is 0 Å². The van der Waals surface area contributed by atoms with E-state index in [-0.39, 0.29) is 0 Å². The van der Waals surface area contributed by atoms with Gasteiger partial charge in [-0.2, -0.15) is 0 Å². The maximum atomic E-state index is 5.10. The Hall–Kier alpha value is 0.0969. The summed E-state index contributed by atoms with van der Waals surface area (Å²) in [5.41, 5.74) is 0. The van der Waals surface area contributed by atoms with Gasteiger partial charge in [-0.3, -0.25) is 0 Å². The number of hydrogen-bond donors (Lipinski definition) is 0. The standard InChI is InChI=1S/C4H10O3Si/c1-5-8-7-3-4-2-6-4/h4H,2-3,8H2,1H3. The van der Waals surface area contributed by atoms with Gasteiger partial charge in [0, 0.05) is 7.11 Å². The van der Waals surface area contributed by atoms with Crippen LogP contribution in [0, 0.1) is 0 Å². The zero-order valence-electron chi connectivity index (χ0n) is 4.92. The Labute approximate surface area is 51.0 Å². The smallest absolute Gasteiger partial charge is 0.304 e. The van der Waals surface area contributed by atoms with Crippen molar-refractivity contribution in [1.29, 1.82) is 0 Å². The van der Waals surface area contributed by atoms with Crippen molar-refractivity contribution in [2.75, 3.05) is 20.3 Å². The Morgan fingerprint density at radius 1 is 1.88 bits per heavy atom. The molecule has 0 aromatic rings. The molecule has 0 radical (unpaired) electrons. The minimum absolute atomic E-state index is 0.387. The predicted molar refractivity (Wildman–Crippen MR) is 31.2 cm³/mol. The van der Waals surface area contributed by atoms with E-state index in [0.29, 0.717) is 6.10 Å². The molecule has 1 rings (SSSR count). The summed E-state index contributed by atoms with van der Waals surface area (Å²) < 4.78 is 14.8. The van der Waals surface area contributed by atoms with Gasteiger partial charge < -0.3 is 13.6 Å². The minimum Gasteiger partial charge on any atom is -0.402 e. The van der Waals surface area contributed by atoms with Gasteiger partial charge in [-0.25, -0.2) is 0 Å². The Balaban J connectivity index is 1.74. The van der Waals surface area contributed by atoms with E-state index in [4.69, 9.17) is 13.6 Å². The lowest BCUT2D eigenvalue weighted by molar-refractivity contribution is 0.225. The van der Waals surface area contributed by atoms with Gasteiger partial charge in [-0.1, -0.05) is 0 Å². The summed E-state index contributed by atoms with van der Waals surface area (Å²) >= 11 is 0. The first-order chi connectivity index (χ1) is 3.93. The first kappa shape index (κ1) is 6.22. The summed E-state index contributed by atoms with van der Waals surface area (Å²) in [6, 6.07) is 0. The molecule has 0 bridgehead atoms. The van der Waals surface area contributed by atoms with Crippen molar-refractivity contribution in [2.24, 2.45) is 0 Å². The molecular formula is C4H10O3Si. The van der Waals surface area contributed by atoms with E-state index in [1.54, 1.807) is 7.11 Å². The first-order valence-electron chi connectivity index (χ1n) is 2.62. The zero-order chi connectivity index (χ0) is 5.82. The van der Waals surface area contributed by atoms with Crippen LogP contribution in [0.3, 0.4) is 0 Å². The lowest BCUT2D eigenvalue weighted by Crippen LogP contribution is -2.06. The average Bonchev–Trinajstić information content (AvgIpc) is 2.51. The number of epoxide rings is 1. The number of rotatable bonds is 4. The van der Waals surface area contributed by atoms with Crippen molar-refractivity contribution < 1.29 is 13.6 Å². The van der Waals surface area contributed by atoms with Crippen molar-refractivity contribution >= 4 is 10.0 Å². The topological polar surface area (TPSA) is 31.0 Å². The van der Waals surface area contributed by atoms with Crippen LogP contribution >= 0.6 is 0 Å². The third-order valence-electron chi connectivity index (χ3n) is 0.907. The van der Waals surface area contributed by atoms with Crippen molar-refractivity contribution in [1.82, 2.24) is 0 Å². The van der Waals surface area contributed by atoms with Crippen LogP contribution in [-0.2, 0) is 13.6 Å². The third kappa shape index (κ3) is 2.42. The second-order valence-electron chi connectivity index (χ2n) is 1.73. The SMILES string of the molecule is CO[SiH2]OCC1CO1. The molecule has 0 spiro atoms. The van der Waals surface area contributed by atoms with Crippen molar-refractivity contribution in [2.45, 2.75) is 6.10 Å². The summed E-state index contributed by atoms with van der Waals surface area (Å²) in [5, 5.41) is 0. The molecule has 1 saturated heterocycles. The molecule has 48 valence electrons. The fourth-order valence-corrected chi connectivity index (χ4v) is 0.953. The Kier molecular flexibility index (Phi) is 2.48. The molecule has 4 heteroatoms.